The highest BCUT2D eigenvalue weighted by atomic mass is 19.1. The number of rotatable bonds is 10. The van der Waals surface area contributed by atoms with Crippen LogP contribution in [0.4, 0.5) is 4.39 Å². The average molecular weight is 482 g/mol. The van der Waals surface area contributed by atoms with E-state index in [0.717, 1.165) is 44.3 Å². The molecule has 1 fully saturated rings. The largest absolute Gasteiger partial charge is 0.350 e. The van der Waals surface area contributed by atoms with Crippen molar-refractivity contribution in [3.63, 3.8) is 0 Å². The number of hydrogen-bond acceptors (Lipinski definition) is 2. The van der Waals surface area contributed by atoms with Crippen molar-refractivity contribution in [2.75, 3.05) is 19.6 Å². The Balaban J connectivity index is 1.46. The molecular formula is C32H36FN3. The number of hydrogen-bond donors (Lipinski definition) is 0. The summed E-state index contributed by atoms with van der Waals surface area (Å²) >= 11 is 0. The lowest BCUT2D eigenvalue weighted by atomic mass is 9.95. The molecule has 0 bridgehead atoms. The van der Waals surface area contributed by atoms with Crippen LogP contribution in [0.15, 0.2) is 85.3 Å². The smallest absolute Gasteiger partial charge is 0.123 e. The maximum absolute atomic E-state index is 13.8. The Morgan fingerprint density at radius 1 is 0.722 bits per heavy atom. The van der Waals surface area contributed by atoms with Crippen LogP contribution in [0.25, 0.3) is 22.3 Å². The molecule has 3 nitrogen and oxygen atoms in total. The molecule has 36 heavy (non-hydrogen) atoms. The van der Waals surface area contributed by atoms with E-state index >= 15 is 0 Å². The lowest BCUT2D eigenvalue weighted by molar-refractivity contribution is 0.222. The second-order valence-corrected chi connectivity index (χ2v) is 9.90. The minimum Gasteiger partial charge on any atom is -0.350 e. The summed E-state index contributed by atoms with van der Waals surface area (Å²) in [6, 6.07) is 21.9. The molecule has 2 aromatic heterocycles. The Morgan fingerprint density at radius 2 is 1.47 bits per heavy atom. The Morgan fingerprint density at radius 3 is 2.22 bits per heavy atom. The molecule has 0 spiro atoms. The summed E-state index contributed by atoms with van der Waals surface area (Å²) in [5.41, 5.74) is 7.42. The Labute approximate surface area is 214 Å². The third-order valence-electron chi connectivity index (χ3n) is 7.36. The molecule has 0 saturated carbocycles. The number of aromatic nitrogens is 2. The first-order chi connectivity index (χ1) is 17.8. The van der Waals surface area contributed by atoms with Gasteiger partial charge >= 0.3 is 0 Å². The van der Waals surface area contributed by atoms with Crippen LogP contribution in [-0.2, 0) is 19.4 Å². The van der Waals surface area contributed by atoms with Gasteiger partial charge in [-0.25, -0.2) is 4.39 Å². The zero-order valence-electron chi connectivity index (χ0n) is 21.1. The summed E-state index contributed by atoms with van der Waals surface area (Å²) in [6.45, 7) is 4.62. The van der Waals surface area contributed by atoms with E-state index in [-0.39, 0.29) is 5.82 Å². The van der Waals surface area contributed by atoms with Gasteiger partial charge in [0.05, 0.1) is 0 Å². The van der Waals surface area contributed by atoms with Crippen LogP contribution in [0.5, 0.6) is 0 Å². The van der Waals surface area contributed by atoms with Crippen LogP contribution in [0.3, 0.4) is 0 Å². The Hall–Kier alpha value is -3.24. The number of nitrogens with zero attached hydrogens (tertiary/aromatic N) is 3. The summed E-state index contributed by atoms with van der Waals surface area (Å²) in [4.78, 5) is 6.88. The van der Waals surface area contributed by atoms with Gasteiger partial charge in [-0.2, -0.15) is 0 Å². The predicted molar refractivity (Wildman–Crippen MR) is 146 cm³/mol. The van der Waals surface area contributed by atoms with Crippen LogP contribution in [0, 0.1) is 5.82 Å². The molecule has 0 radical (unpaired) electrons. The highest BCUT2D eigenvalue weighted by Crippen LogP contribution is 2.37. The molecule has 4 aromatic rings. The van der Waals surface area contributed by atoms with Gasteiger partial charge in [0.15, 0.2) is 0 Å². The van der Waals surface area contributed by atoms with Gasteiger partial charge in [-0.15, -0.1) is 0 Å². The molecule has 0 amide bonds. The van der Waals surface area contributed by atoms with Crippen molar-refractivity contribution in [1.82, 2.24) is 14.5 Å². The fourth-order valence-corrected chi connectivity index (χ4v) is 5.51. The van der Waals surface area contributed by atoms with Crippen LogP contribution < -0.4 is 0 Å². The Kier molecular flexibility index (Phi) is 8.24. The van der Waals surface area contributed by atoms with Gasteiger partial charge in [-0.1, -0.05) is 48.9 Å². The molecule has 1 saturated heterocycles. The van der Waals surface area contributed by atoms with Crippen molar-refractivity contribution in [2.24, 2.45) is 0 Å². The van der Waals surface area contributed by atoms with Crippen molar-refractivity contribution in [1.29, 1.82) is 0 Å². The molecule has 186 valence electrons. The number of pyridine rings is 1. The van der Waals surface area contributed by atoms with E-state index < -0.39 is 0 Å². The van der Waals surface area contributed by atoms with E-state index in [0.29, 0.717) is 0 Å². The van der Waals surface area contributed by atoms with Crippen LogP contribution in [-0.4, -0.2) is 34.1 Å². The minimum atomic E-state index is -0.201. The first-order valence-electron chi connectivity index (χ1n) is 13.4. The third kappa shape index (κ3) is 6.11. The average Bonchev–Trinajstić information content (AvgIpc) is 3.29. The molecule has 2 aromatic carbocycles. The van der Waals surface area contributed by atoms with Crippen molar-refractivity contribution in [2.45, 2.75) is 51.5 Å². The van der Waals surface area contributed by atoms with Gasteiger partial charge in [-0.05, 0) is 99.1 Å². The molecule has 0 aliphatic carbocycles. The molecule has 1 aliphatic heterocycles. The van der Waals surface area contributed by atoms with E-state index in [1.807, 2.05) is 24.5 Å². The number of aryl methyl sites for hydroxylation is 2. The van der Waals surface area contributed by atoms with E-state index in [4.69, 9.17) is 0 Å². The zero-order chi connectivity index (χ0) is 24.6. The van der Waals surface area contributed by atoms with Gasteiger partial charge < -0.3 is 9.47 Å². The number of likely N-dealkylation sites (tertiary alicyclic amines) is 1. The number of benzene rings is 2. The first-order valence-corrected chi connectivity index (χ1v) is 13.4. The molecule has 0 atom stereocenters. The second-order valence-electron chi connectivity index (χ2n) is 9.90. The van der Waals surface area contributed by atoms with Gasteiger partial charge in [0.2, 0.25) is 0 Å². The maximum atomic E-state index is 13.8. The molecule has 4 heteroatoms. The number of piperidine rings is 1. The van der Waals surface area contributed by atoms with Crippen LogP contribution in [0.1, 0.15) is 43.4 Å². The molecule has 0 unspecified atom stereocenters. The molecule has 5 rings (SSSR count). The quantitative estimate of drug-likeness (QED) is 0.235. The molecular weight excluding hydrogens is 445 g/mol. The fraction of sp³-hybridized carbons (Fsp3) is 0.344. The normalized spacial score (nSPS) is 14.2. The highest BCUT2D eigenvalue weighted by Gasteiger charge is 2.19. The standard InChI is InChI=1S/C32H36FN3/c33-29-15-13-27(14-16-29)30-25-36(24-8-23-35-21-5-2-6-22-35)31(32(30)28-17-19-34-20-18-28)12-7-11-26-9-3-1-4-10-26/h1,3-4,9-10,13-20,25H,2,5-8,11-12,21-24H2. The van der Waals surface area contributed by atoms with Crippen molar-refractivity contribution >= 4 is 0 Å². The van der Waals surface area contributed by atoms with Gasteiger partial charge in [0.1, 0.15) is 5.82 Å². The molecule has 0 N–H and O–H groups in total. The lowest BCUT2D eigenvalue weighted by Gasteiger charge is -2.26. The highest BCUT2D eigenvalue weighted by molar-refractivity contribution is 5.85. The van der Waals surface area contributed by atoms with E-state index in [2.05, 4.69) is 63.1 Å². The molecule has 3 heterocycles. The van der Waals surface area contributed by atoms with E-state index in [9.17, 15) is 4.39 Å². The lowest BCUT2D eigenvalue weighted by Crippen LogP contribution is -2.31. The van der Waals surface area contributed by atoms with Gasteiger partial charge in [0, 0.05) is 42.0 Å². The minimum absolute atomic E-state index is 0.201. The maximum Gasteiger partial charge on any atom is 0.123 e. The van der Waals surface area contributed by atoms with Crippen LogP contribution >= 0.6 is 0 Å². The zero-order valence-corrected chi connectivity index (χ0v) is 21.1. The Bertz CT molecular complexity index is 1210. The number of halogens is 1. The SMILES string of the molecule is Fc1ccc(-c2cn(CCCN3CCCCC3)c(CCCc3ccccc3)c2-c2ccncc2)cc1. The summed E-state index contributed by atoms with van der Waals surface area (Å²) in [6.07, 6.45) is 14.3. The summed E-state index contributed by atoms with van der Waals surface area (Å²) in [5, 5.41) is 0. The van der Waals surface area contributed by atoms with Crippen molar-refractivity contribution in [3.8, 4) is 22.3 Å². The van der Waals surface area contributed by atoms with Crippen molar-refractivity contribution in [3.05, 3.63) is 102 Å². The van der Waals surface area contributed by atoms with E-state index in [1.54, 1.807) is 12.1 Å². The third-order valence-corrected chi connectivity index (χ3v) is 7.36. The molecule has 1 aliphatic rings. The monoisotopic (exact) mass is 481 g/mol. The summed E-state index contributed by atoms with van der Waals surface area (Å²) < 4.78 is 16.2. The fourth-order valence-electron chi connectivity index (χ4n) is 5.51. The van der Waals surface area contributed by atoms with Crippen LogP contribution in [0.2, 0.25) is 0 Å². The summed E-state index contributed by atoms with van der Waals surface area (Å²) in [5.74, 6) is -0.201. The topological polar surface area (TPSA) is 21.1 Å². The van der Waals surface area contributed by atoms with Gasteiger partial charge in [0.25, 0.3) is 0 Å². The van der Waals surface area contributed by atoms with E-state index in [1.165, 1.54) is 60.3 Å². The predicted octanol–water partition coefficient (Wildman–Crippen LogP) is 7.41. The second kappa shape index (κ2) is 12.1. The first kappa shape index (κ1) is 24.5. The van der Waals surface area contributed by atoms with Gasteiger partial charge in [-0.3, -0.25) is 4.98 Å². The summed E-state index contributed by atoms with van der Waals surface area (Å²) in [7, 11) is 0. The van der Waals surface area contributed by atoms with Crippen molar-refractivity contribution < 1.29 is 4.39 Å².